The van der Waals surface area contributed by atoms with E-state index in [0.29, 0.717) is 25.7 Å². The van der Waals surface area contributed by atoms with E-state index in [1.54, 1.807) is 0 Å². The molecule has 0 spiro atoms. The summed E-state index contributed by atoms with van der Waals surface area (Å²) >= 11 is 0. The summed E-state index contributed by atoms with van der Waals surface area (Å²) in [6.07, 6.45) is 24.5. The average molecular weight is 481 g/mol. The Morgan fingerprint density at radius 2 is 1.06 bits per heavy atom. The zero-order valence-electron chi connectivity index (χ0n) is 22.8. The molecule has 0 radical (unpaired) electrons. The first-order chi connectivity index (χ1) is 16.4. The lowest BCUT2D eigenvalue weighted by molar-refractivity contribution is -0.188. The summed E-state index contributed by atoms with van der Waals surface area (Å²) < 4.78 is 0. The molecule has 1 aliphatic carbocycles. The maximum absolute atomic E-state index is 12.5. The van der Waals surface area contributed by atoms with Crippen LogP contribution in [0.3, 0.4) is 0 Å². The maximum Gasteiger partial charge on any atom is 0.311 e. The van der Waals surface area contributed by atoms with Gasteiger partial charge in [-0.25, -0.2) is 0 Å². The molecule has 2 N–H and O–H groups in total. The number of rotatable bonds is 21. The van der Waals surface area contributed by atoms with Gasteiger partial charge in [0.25, 0.3) is 0 Å². The van der Waals surface area contributed by atoms with Crippen LogP contribution in [0.4, 0.5) is 0 Å². The summed E-state index contributed by atoms with van der Waals surface area (Å²) in [6, 6.07) is 0. The Kier molecular flexibility index (Phi) is 15.8. The van der Waals surface area contributed by atoms with Crippen LogP contribution < -0.4 is 0 Å². The molecule has 1 fully saturated rings. The molecule has 34 heavy (non-hydrogen) atoms. The summed E-state index contributed by atoms with van der Waals surface area (Å²) in [4.78, 5) is 25.1. The van der Waals surface area contributed by atoms with Gasteiger partial charge >= 0.3 is 11.9 Å². The summed E-state index contributed by atoms with van der Waals surface area (Å²) in [5, 5.41) is 20.5. The van der Waals surface area contributed by atoms with Gasteiger partial charge in [0, 0.05) is 0 Å². The van der Waals surface area contributed by atoms with Crippen LogP contribution in [0.1, 0.15) is 162 Å². The molecule has 3 atom stereocenters. The van der Waals surface area contributed by atoms with Gasteiger partial charge in [0.2, 0.25) is 0 Å². The Hall–Kier alpha value is -1.06. The SMILES string of the molecule is CCCCCCCCCCCCCCCCCCC1(C(=O)O)CCCCC1(C(=O)O)C(C)CC. The molecule has 1 saturated carbocycles. The molecule has 0 bridgehead atoms. The highest BCUT2D eigenvalue weighted by Gasteiger charge is 2.63. The van der Waals surface area contributed by atoms with E-state index in [-0.39, 0.29) is 5.92 Å². The third-order valence-electron chi connectivity index (χ3n) is 8.98. The topological polar surface area (TPSA) is 74.6 Å². The predicted molar refractivity (Wildman–Crippen MR) is 142 cm³/mol. The smallest absolute Gasteiger partial charge is 0.311 e. The second kappa shape index (κ2) is 17.4. The standard InChI is InChI=1S/C30H56O4/c1-4-6-7-8-9-10-11-12-13-14-15-16-17-18-19-20-23-29(27(31)32)24-21-22-25-30(29,28(33)34)26(3)5-2/h26H,4-25H2,1-3H3,(H,31,32)(H,33,34). The van der Waals surface area contributed by atoms with E-state index in [1.165, 1.54) is 83.5 Å². The minimum Gasteiger partial charge on any atom is -0.481 e. The number of hydrogen-bond acceptors (Lipinski definition) is 2. The van der Waals surface area contributed by atoms with Crippen molar-refractivity contribution < 1.29 is 19.8 Å². The largest absolute Gasteiger partial charge is 0.481 e. The number of carboxylic acids is 2. The fourth-order valence-electron chi connectivity index (χ4n) is 6.61. The van der Waals surface area contributed by atoms with E-state index >= 15 is 0 Å². The third-order valence-corrected chi connectivity index (χ3v) is 8.98. The van der Waals surface area contributed by atoms with Crippen LogP contribution in [0.15, 0.2) is 0 Å². The van der Waals surface area contributed by atoms with Crippen molar-refractivity contribution in [3.05, 3.63) is 0 Å². The molecule has 0 aromatic rings. The van der Waals surface area contributed by atoms with Gasteiger partial charge in [-0.05, 0) is 25.2 Å². The lowest BCUT2D eigenvalue weighted by Crippen LogP contribution is -2.57. The van der Waals surface area contributed by atoms with Gasteiger partial charge in [0.1, 0.15) is 0 Å². The molecule has 0 heterocycles. The quantitative estimate of drug-likeness (QED) is 0.160. The fourth-order valence-corrected chi connectivity index (χ4v) is 6.61. The Morgan fingerprint density at radius 1 is 0.647 bits per heavy atom. The molecule has 4 nitrogen and oxygen atoms in total. The zero-order chi connectivity index (χ0) is 25.3. The first-order valence-electron chi connectivity index (χ1n) is 14.9. The van der Waals surface area contributed by atoms with E-state index in [4.69, 9.17) is 0 Å². The highest BCUT2D eigenvalue weighted by atomic mass is 16.4. The van der Waals surface area contributed by atoms with Crippen LogP contribution in [-0.2, 0) is 9.59 Å². The van der Waals surface area contributed by atoms with Crippen molar-refractivity contribution in [3.8, 4) is 0 Å². The van der Waals surface area contributed by atoms with E-state index in [0.717, 1.165) is 32.1 Å². The monoisotopic (exact) mass is 480 g/mol. The zero-order valence-corrected chi connectivity index (χ0v) is 22.8. The number of carbonyl (C=O) groups is 2. The highest BCUT2D eigenvalue weighted by Crippen LogP contribution is 2.58. The lowest BCUT2D eigenvalue weighted by Gasteiger charge is -2.51. The molecule has 0 saturated heterocycles. The fraction of sp³-hybridized carbons (Fsp3) is 0.933. The van der Waals surface area contributed by atoms with Gasteiger partial charge in [-0.15, -0.1) is 0 Å². The van der Waals surface area contributed by atoms with Gasteiger partial charge in [-0.2, -0.15) is 0 Å². The van der Waals surface area contributed by atoms with Crippen molar-refractivity contribution in [2.75, 3.05) is 0 Å². The first kappa shape index (κ1) is 31.0. The Bertz CT molecular complexity index is 560. The van der Waals surface area contributed by atoms with Crippen molar-refractivity contribution in [3.63, 3.8) is 0 Å². The second-order valence-corrected chi connectivity index (χ2v) is 11.2. The summed E-state index contributed by atoms with van der Waals surface area (Å²) in [5.41, 5.74) is -2.23. The van der Waals surface area contributed by atoms with Gasteiger partial charge in [-0.1, -0.05) is 143 Å². The molecule has 0 aliphatic heterocycles. The Balaban J connectivity index is 2.27. The van der Waals surface area contributed by atoms with Gasteiger partial charge in [-0.3, -0.25) is 9.59 Å². The average Bonchev–Trinajstić information content (AvgIpc) is 2.83. The minimum absolute atomic E-state index is 0.123. The molecule has 1 rings (SSSR count). The molecule has 0 amide bonds. The van der Waals surface area contributed by atoms with Gasteiger partial charge in [0.15, 0.2) is 0 Å². The molecule has 1 aliphatic rings. The van der Waals surface area contributed by atoms with Gasteiger partial charge in [0.05, 0.1) is 10.8 Å². The summed E-state index contributed by atoms with van der Waals surface area (Å²) in [6.45, 7) is 6.21. The molecular weight excluding hydrogens is 424 g/mol. The van der Waals surface area contributed by atoms with Crippen LogP contribution >= 0.6 is 0 Å². The summed E-state index contributed by atoms with van der Waals surface area (Å²) in [5.74, 6) is -1.89. The predicted octanol–water partition coefficient (Wildman–Crippen LogP) is 9.40. The molecular formula is C30H56O4. The van der Waals surface area contributed by atoms with Crippen LogP contribution in [-0.4, -0.2) is 22.2 Å². The first-order valence-corrected chi connectivity index (χ1v) is 14.9. The van der Waals surface area contributed by atoms with Crippen molar-refractivity contribution >= 4 is 11.9 Å². The number of unbranched alkanes of at least 4 members (excludes halogenated alkanes) is 15. The minimum atomic E-state index is -1.12. The maximum atomic E-state index is 12.5. The van der Waals surface area contributed by atoms with E-state index in [9.17, 15) is 19.8 Å². The Labute approximate surface area is 210 Å². The van der Waals surface area contributed by atoms with E-state index in [2.05, 4.69) is 6.92 Å². The molecule has 200 valence electrons. The van der Waals surface area contributed by atoms with Crippen molar-refractivity contribution in [1.82, 2.24) is 0 Å². The van der Waals surface area contributed by atoms with Crippen LogP contribution in [0.25, 0.3) is 0 Å². The highest BCUT2D eigenvalue weighted by molar-refractivity contribution is 5.87. The number of hydrogen-bond donors (Lipinski definition) is 2. The molecule has 3 unspecified atom stereocenters. The van der Waals surface area contributed by atoms with Crippen molar-refractivity contribution in [2.45, 2.75) is 162 Å². The normalized spacial score (nSPS) is 23.6. The van der Waals surface area contributed by atoms with Crippen LogP contribution in [0.5, 0.6) is 0 Å². The second-order valence-electron chi connectivity index (χ2n) is 11.2. The Morgan fingerprint density at radius 3 is 1.44 bits per heavy atom. The van der Waals surface area contributed by atoms with Crippen LogP contribution in [0, 0.1) is 16.7 Å². The van der Waals surface area contributed by atoms with E-state index < -0.39 is 22.8 Å². The lowest BCUT2D eigenvalue weighted by atomic mass is 9.49. The van der Waals surface area contributed by atoms with Crippen molar-refractivity contribution in [2.24, 2.45) is 16.7 Å². The van der Waals surface area contributed by atoms with Crippen molar-refractivity contribution in [1.29, 1.82) is 0 Å². The molecule has 4 heteroatoms. The molecule has 0 aromatic heterocycles. The molecule has 0 aromatic carbocycles. The van der Waals surface area contributed by atoms with E-state index in [1.807, 2.05) is 13.8 Å². The number of carboxylic acid groups (broad SMARTS) is 2. The number of aliphatic carboxylic acids is 2. The third kappa shape index (κ3) is 8.86. The van der Waals surface area contributed by atoms with Gasteiger partial charge < -0.3 is 10.2 Å². The summed E-state index contributed by atoms with van der Waals surface area (Å²) in [7, 11) is 0. The van der Waals surface area contributed by atoms with Crippen LogP contribution in [0.2, 0.25) is 0 Å².